The van der Waals surface area contributed by atoms with E-state index in [-0.39, 0.29) is 5.56 Å². The van der Waals surface area contributed by atoms with Crippen molar-refractivity contribution in [3.63, 3.8) is 0 Å². The van der Waals surface area contributed by atoms with Crippen molar-refractivity contribution in [1.82, 2.24) is 0 Å². The van der Waals surface area contributed by atoms with E-state index < -0.39 is 29.2 Å². The van der Waals surface area contributed by atoms with Gasteiger partial charge in [-0.25, -0.2) is 0 Å². The lowest BCUT2D eigenvalue weighted by atomic mass is 9.70. The first-order valence-corrected chi connectivity index (χ1v) is 11.1. The number of hydrogen-bond donors (Lipinski definition) is 0. The van der Waals surface area contributed by atoms with Crippen molar-refractivity contribution in [3.05, 3.63) is 34.9 Å². The number of halogens is 6. The number of methoxy groups -OCH3 is 1. The average molecular weight is 448 g/mol. The highest BCUT2D eigenvalue weighted by Gasteiger charge is 2.47. The van der Waals surface area contributed by atoms with Gasteiger partial charge in [0.05, 0.1) is 12.7 Å². The van der Waals surface area contributed by atoms with Gasteiger partial charge >= 0.3 is 12.4 Å². The summed E-state index contributed by atoms with van der Waals surface area (Å²) in [4.78, 5) is 0. The van der Waals surface area contributed by atoms with Crippen molar-refractivity contribution in [1.29, 1.82) is 0 Å². The lowest BCUT2D eigenvalue weighted by Crippen LogP contribution is -2.24. The maximum Gasteiger partial charge on any atom is 0.420 e. The van der Waals surface area contributed by atoms with Crippen LogP contribution in [0.5, 0.6) is 5.75 Å². The Bertz CT molecular complexity index is 784. The van der Waals surface area contributed by atoms with Crippen LogP contribution in [-0.2, 0) is 12.4 Å². The third-order valence-corrected chi connectivity index (χ3v) is 7.01. The van der Waals surface area contributed by atoms with Gasteiger partial charge in [-0.15, -0.1) is 0 Å². The minimum atomic E-state index is -5.17. The first-order chi connectivity index (χ1) is 14.6. The molecule has 1 unspecified atom stereocenters. The molecule has 3 rings (SSSR count). The summed E-state index contributed by atoms with van der Waals surface area (Å²) in [5, 5.41) is 0. The van der Waals surface area contributed by atoms with E-state index in [4.69, 9.17) is 0 Å². The molecule has 2 aliphatic carbocycles. The summed E-state index contributed by atoms with van der Waals surface area (Å²) in [5.74, 6) is 0.947. The van der Waals surface area contributed by atoms with E-state index in [1.807, 2.05) is 0 Å². The van der Waals surface area contributed by atoms with Crippen molar-refractivity contribution in [2.75, 3.05) is 7.11 Å². The topological polar surface area (TPSA) is 9.23 Å². The zero-order chi connectivity index (χ0) is 22.8. The Morgan fingerprint density at radius 1 is 0.871 bits per heavy atom. The number of rotatable bonds is 5. The smallest absolute Gasteiger partial charge is 0.420 e. The highest BCUT2D eigenvalue weighted by molar-refractivity contribution is 5.72. The predicted molar refractivity (Wildman–Crippen MR) is 109 cm³/mol. The van der Waals surface area contributed by atoms with Gasteiger partial charge in [-0.2, -0.15) is 26.3 Å². The maximum atomic E-state index is 13.8. The molecule has 0 heterocycles. The number of alkyl halides is 6. The lowest BCUT2D eigenvalue weighted by molar-refractivity contribution is -0.163. The van der Waals surface area contributed by atoms with Crippen molar-refractivity contribution in [3.8, 4) is 5.75 Å². The van der Waals surface area contributed by atoms with Crippen molar-refractivity contribution >= 4 is 5.57 Å². The first kappa shape index (κ1) is 24.0. The van der Waals surface area contributed by atoms with Gasteiger partial charge in [0.25, 0.3) is 0 Å². The fraction of sp³-hybridized carbons (Fsp3) is 0.667. The van der Waals surface area contributed by atoms with Crippen LogP contribution in [0.3, 0.4) is 0 Å². The van der Waals surface area contributed by atoms with Gasteiger partial charge in [0.2, 0.25) is 0 Å². The molecule has 0 amide bonds. The molecule has 174 valence electrons. The van der Waals surface area contributed by atoms with Crippen molar-refractivity contribution in [2.24, 2.45) is 17.8 Å². The van der Waals surface area contributed by atoms with Crippen LogP contribution < -0.4 is 4.74 Å². The Balaban J connectivity index is 1.86. The molecule has 7 heteroatoms. The fourth-order valence-electron chi connectivity index (χ4n) is 5.48. The van der Waals surface area contributed by atoms with Crippen molar-refractivity contribution in [2.45, 2.75) is 77.1 Å². The van der Waals surface area contributed by atoms with Gasteiger partial charge in [-0.05, 0) is 67.1 Å². The van der Waals surface area contributed by atoms with Crippen LogP contribution in [0.1, 0.15) is 81.4 Å². The van der Waals surface area contributed by atoms with Crippen LogP contribution in [0.4, 0.5) is 26.3 Å². The molecule has 31 heavy (non-hydrogen) atoms. The summed E-state index contributed by atoms with van der Waals surface area (Å²) >= 11 is 0. The molecule has 0 bridgehead atoms. The quantitative estimate of drug-likeness (QED) is 0.410. The molecule has 1 nitrogen and oxygen atoms in total. The van der Waals surface area contributed by atoms with E-state index >= 15 is 0 Å². The molecule has 0 spiro atoms. The molecule has 1 fully saturated rings. The number of hydrogen-bond acceptors (Lipinski definition) is 1. The van der Waals surface area contributed by atoms with Crippen LogP contribution in [0.15, 0.2) is 18.2 Å². The SMILES string of the molecule is CCCC1CCC(C2CC=C(c3ccc(OC)c(C(F)(F)F)c3C(F)(F)F)CC2)CC1. The Morgan fingerprint density at radius 3 is 2.00 bits per heavy atom. The van der Waals surface area contributed by atoms with Gasteiger partial charge in [-0.3, -0.25) is 0 Å². The van der Waals surface area contributed by atoms with E-state index in [0.717, 1.165) is 44.4 Å². The minimum Gasteiger partial charge on any atom is -0.496 e. The summed E-state index contributed by atoms with van der Waals surface area (Å²) < 4.78 is 86.7. The zero-order valence-electron chi connectivity index (χ0n) is 18.0. The molecular formula is C24H30F6O. The molecule has 0 aromatic heterocycles. The second-order valence-electron chi connectivity index (χ2n) is 8.89. The molecule has 1 aromatic carbocycles. The summed E-state index contributed by atoms with van der Waals surface area (Å²) in [7, 11) is 0.949. The number of ether oxygens (including phenoxy) is 1. The van der Waals surface area contributed by atoms with Crippen molar-refractivity contribution < 1.29 is 31.1 Å². The first-order valence-electron chi connectivity index (χ1n) is 11.1. The maximum absolute atomic E-state index is 13.8. The Labute approximate surface area is 179 Å². The summed E-state index contributed by atoms with van der Waals surface area (Å²) in [6, 6.07) is 2.12. The highest BCUT2D eigenvalue weighted by Crippen LogP contribution is 2.50. The monoisotopic (exact) mass is 448 g/mol. The molecule has 0 radical (unpaired) electrons. The fourth-order valence-corrected chi connectivity index (χ4v) is 5.48. The second-order valence-corrected chi connectivity index (χ2v) is 8.89. The van der Waals surface area contributed by atoms with Gasteiger partial charge in [0, 0.05) is 0 Å². The van der Waals surface area contributed by atoms with E-state index in [0.29, 0.717) is 30.3 Å². The van der Waals surface area contributed by atoms with Crippen LogP contribution >= 0.6 is 0 Å². The predicted octanol–water partition coefficient (Wildman–Crippen LogP) is 8.52. The standard InChI is InChI=1S/C24H30F6O/c1-3-4-15-5-7-16(8-6-15)17-9-11-18(12-10-17)19-13-14-20(31-2)22(24(28,29)30)21(19)23(25,26)27/h11,13-17H,3-10,12H2,1-2H3. The normalized spacial score (nSPS) is 25.3. The third kappa shape index (κ3) is 5.40. The van der Waals surface area contributed by atoms with E-state index in [1.165, 1.54) is 25.7 Å². The largest absolute Gasteiger partial charge is 0.496 e. The van der Waals surface area contributed by atoms with Crippen LogP contribution in [0.25, 0.3) is 5.57 Å². The molecular weight excluding hydrogens is 418 g/mol. The van der Waals surface area contributed by atoms with Crippen LogP contribution in [-0.4, -0.2) is 7.11 Å². The van der Waals surface area contributed by atoms with E-state index in [9.17, 15) is 26.3 Å². The molecule has 0 aliphatic heterocycles. The van der Waals surface area contributed by atoms with Gasteiger partial charge in [0.15, 0.2) is 0 Å². The average Bonchev–Trinajstić information content (AvgIpc) is 2.72. The number of benzene rings is 1. The second kappa shape index (κ2) is 9.45. The Morgan fingerprint density at radius 2 is 1.52 bits per heavy atom. The Kier molecular flexibility index (Phi) is 7.32. The molecule has 1 saturated carbocycles. The number of allylic oxidation sites excluding steroid dienone is 2. The van der Waals surface area contributed by atoms with E-state index in [1.54, 1.807) is 6.08 Å². The molecule has 0 N–H and O–H groups in total. The Hall–Kier alpha value is -1.66. The molecule has 2 aliphatic rings. The minimum absolute atomic E-state index is 0.358. The van der Waals surface area contributed by atoms with Crippen LogP contribution in [0.2, 0.25) is 0 Å². The van der Waals surface area contributed by atoms with Gasteiger partial charge in [-0.1, -0.05) is 44.7 Å². The highest BCUT2D eigenvalue weighted by atomic mass is 19.4. The molecule has 1 atom stereocenters. The van der Waals surface area contributed by atoms with Gasteiger partial charge < -0.3 is 4.74 Å². The molecule has 0 saturated heterocycles. The van der Waals surface area contributed by atoms with Crippen LogP contribution in [0, 0.1) is 17.8 Å². The summed E-state index contributed by atoms with van der Waals surface area (Å²) in [6.07, 6.45) is 0.299. The molecule has 1 aromatic rings. The van der Waals surface area contributed by atoms with E-state index in [2.05, 4.69) is 11.7 Å². The zero-order valence-corrected chi connectivity index (χ0v) is 18.0. The summed E-state index contributed by atoms with van der Waals surface area (Å²) in [5.41, 5.74) is -3.39. The lowest BCUT2D eigenvalue weighted by Gasteiger charge is -2.36. The van der Waals surface area contributed by atoms with Gasteiger partial charge in [0.1, 0.15) is 11.3 Å². The third-order valence-electron chi connectivity index (χ3n) is 7.01. The summed E-state index contributed by atoms with van der Waals surface area (Å²) in [6.45, 7) is 2.19.